The Kier molecular flexibility index (Phi) is 6.25. The first kappa shape index (κ1) is 17.3. The fourth-order valence-electron chi connectivity index (χ4n) is 2.45. The minimum absolute atomic E-state index is 0. The number of nitrogens with zero attached hydrogens (tertiary/aromatic N) is 2. The predicted molar refractivity (Wildman–Crippen MR) is 102 cm³/mol. The highest BCUT2D eigenvalue weighted by Crippen LogP contribution is 2.33. The molecule has 0 aliphatic carbocycles. The van der Waals surface area contributed by atoms with Gasteiger partial charge < -0.3 is 19.8 Å². The van der Waals surface area contributed by atoms with Crippen molar-refractivity contribution in [2.24, 2.45) is 10.7 Å². The Bertz CT molecular complexity index is 653. The van der Waals surface area contributed by atoms with Crippen LogP contribution in [0.15, 0.2) is 33.7 Å². The SMILES string of the molecule is COc1c(CN=C(N)N2CCSCC2)oc2ccccc12.I. The lowest BCUT2D eigenvalue weighted by atomic mass is 10.2. The van der Waals surface area contributed by atoms with Gasteiger partial charge in [0.25, 0.3) is 0 Å². The number of methoxy groups -OCH3 is 1. The summed E-state index contributed by atoms with van der Waals surface area (Å²) in [4.78, 5) is 6.58. The maximum absolute atomic E-state index is 6.07. The molecule has 7 heteroatoms. The standard InChI is InChI=1S/C15H19N3O2S.HI/c1-19-14-11-4-2-3-5-12(11)20-13(14)10-17-15(16)18-6-8-21-9-7-18;/h2-5H,6-10H2,1H3,(H2,16,17);1H. The minimum Gasteiger partial charge on any atom is -0.492 e. The van der Waals surface area contributed by atoms with E-state index in [-0.39, 0.29) is 24.0 Å². The van der Waals surface area contributed by atoms with Gasteiger partial charge in [0.05, 0.1) is 12.5 Å². The largest absolute Gasteiger partial charge is 0.492 e. The molecule has 0 bridgehead atoms. The molecule has 0 saturated carbocycles. The van der Waals surface area contributed by atoms with E-state index in [1.807, 2.05) is 36.0 Å². The Morgan fingerprint density at radius 3 is 2.82 bits per heavy atom. The van der Waals surface area contributed by atoms with Crippen molar-refractivity contribution in [3.05, 3.63) is 30.0 Å². The first-order valence-corrected chi connectivity index (χ1v) is 8.12. The number of furan rings is 1. The molecular weight excluding hydrogens is 413 g/mol. The van der Waals surface area contributed by atoms with E-state index < -0.39 is 0 Å². The van der Waals surface area contributed by atoms with Gasteiger partial charge in [-0.15, -0.1) is 24.0 Å². The molecule has 1 aliphatic rings. The van der Waals surface area contributed by atoms with E-state index in [1.165, 1.54) is 0 Å². The number of ether oxygens (including phenoxy) is 1. The van der Waals surface area contributed by atoms with E-state index >= 15 is 0 Å². The fraction of sp³-hybridized carbons (Fsp3) is 0.400. The van der Waals surface area contributed by atoms with E-state index in [0.717, 1.165) is 41.3 Å². The van der Waals surface area contributed by atoms with Gasteiger partial charge in [0, 0.05) is 24.6 Å². The van der Waals surface area contributed by atoms with Gasteiger partial charge in [-0.3, -0.25) is 0 Å². The smallest absolute Gasteiger partial charge is 0.191 e. The molecule has 0 radical (unpaired) electrons. The number of hydrogen-bond acceptors (Lipinski definition) is 4. The van der Waals surface area contributed by atoms with Crippen LogP contribution in [0.1, 0.15) is 5.76 Å². The number of nitrogens with two attached hydrogens (primary N) is 1. The summed E-state index contributed by atoms with van der Waals surface area (Å²) in [6.45, 7) is 2.31. The van der Waals surface area contributed by atoms with Crippen molar-refractivity contribution in [2.45, 2.75) is 6.54 Å². The van der Waals surface area contributed by atoms with Gasteiger partial charge in [-0.2, -0.15) is 11.8 Å². The molecular formula is C15H20IN3O2S. The zero-order chi connectivity index (χ0) is 14.7. The topological polar surface area (TPSA) is 64.0 Å². The molecule has 0 atom stereocenters. The quantitative estimate of drug-likeness (QED) is 0.458. The van der Waals surface area contributed by atoms with Crippen molar-refractivity contribution in [3.8, 4) is 5.75 Å². The van der Waals surface area contributed by atoms with E-state index in [0.29, 0.717) is 18.3 Å². The van der Waals surface area contributed by atoms with Crippen LogP contribution in [-0.4, -0.2) is 42.6 Å². The first-order chi connectivity index (χ1) is 10.3. The summed E-state index contributed by atoms with van der Waals surface area (Å²) < 4.78 is 11.3. The number of guanidine groups is 1. The molecule has 2 N–H and O–H groups in total. The van der Waals surface area contributed by atoms with Crippen molar-refractivity contribution >= 4 is 52.7 Å². The van der Waals surface area contributed by atoms with Crippen molar-refractivity contribution in [2.75, 3.05) is 31.7 Å². The maximum Gasteiger partial charge on any atom is 0.191 e. The second kappa shape index (κ2) is 7.96. The van der Waals surface area contributed by atoms with Crippen molar-refractivity contribution in [1.29, 1.82) is 0 Å². The first-order valence-electron chi connectivity index (χ1n) is 6.96. The summed E-state index contributed by atoms with van der Waals surface area (Å²) in [5.41, 5.74) is 6.88. The third-order valence-corrected chi connectivity index (χ3v) is 4.48. The third-order valence-electron chi connectivity index (χ3n) is 3.54. The Hall–Kier alpha value is -1.09. The molecule has 0 unspecified atom stereocenters. The molecule has 120 valence electrons. The Balaban J connectivity index is 0.00000176. The average molecular weight is 433 g/mol. The van der Waals surface area contributed by atoms with Gasteiger partial charge in [0.2, 0.25) is 0 Å². The Labute approximate surface area is 151 Å². The zero-order valence-electron chi connectivity index (χ0n) is 12.4. The molecule has 1 fully saturated rings. The van der Waals surface area contributed by atoms with Crippen LogP contribution in [0.2, 0.25) is 0 Å². The monoisotopic (exact) mass is 433 g/mol. The molecule has 0 amide bonds. The van der Waals surface area contributed by atoms with E-state index in [1.54, 1.807) is 7.11 Å². The highest BCUT2D eigenvalue weighted by molar-refractivity contribution is 14.0. The van der Waals surface area contributed by atoms with Crippen LogP contribution >= 0.6 is 35.7 Å². The second-order valence-electron chi connectivity index (χ2n) is 4.83. The number of aliphatic imine (C=N–C) groups is 1. The van der Waals surface area contributed by atoms with Gasteiger partial charge in [0.15, 0.2) is 17.5 Å². The number of benzene rings is 1. The molecule has 1 aromatic carbocycles. The van der Waals surface area contributed by atoms with Crippen LogP contribution in [0.4, 0.5) is 0 Å². The molecule has 1 aliphatic heterocycles. The molecule has 5 nitrogen and oxygen atoms in total. The van der Waals surface area contributed by atoms with Gasteiger partial charge in [-0.25, -0.2) is 4.99 Å². The van der Waals surface area contributed by atoms with Crippen LogP contribution in [0.25, 0.3) is 11.0 Å². The van der Waals surface area contributed by atoms with Crippen molar-refractivity contribution < 1.29 is 9.15 Å². The number of hydrogen-bond donors (Lipinski definition) is 1. The number of fused-ring (bicyclic) bond motifs is 1. The number of halogens is 1. The van der Waals surface area contributed by atoms with Crippen LogP contribution < -0.4 is 10.5 Å². The third kappa shape index (κ3) is 3.62. The van der Waals surface area contributed by atoms with Gasteiger partial charge >= 0.3 is 0 Å². The molecule has 1 aromatic heterocycles. The average Bonchev–Trinajstić information content (AvgIpc) is 2.91. The highest BCUT2D eigenvalue weighted by Gasteiger charge is 2.16. The van der Waals surface area contributed by atoms with Crippen molar-refractivity contribution in [3.63, 3.8) is 0 Å². The molecule has 0 spiro atoms. The predicted octanol–water partition coefficient (Wildman–Crippen LogP) is 2.92. The lowest BCUT2D eigenvalue weighted by Crippen LogP contribution is -2.42. The van der Waals surface area contributed by atoms with Crippen LogP contribution in [-0.2, 0) is 6.54 Å². The molecule has 22 heavy (non-hydrogen) atoms. The molecule has 3 rings (SSSR count). The summed E-state index contributed by atoms with van der Waals surface area (Å²) in [5, 5.41) is 0.971. The summed E-state index contributed by atoms with van der Waals surface area (Å²) >= 11 is 1.95. The van der Waals surface area contributed by atoms with E-state index in [9.17, 15) is 0 Å². The van der Waals surface area contributed by atoms with Crippen LogP contribution in [0, 0.1) is 0 Å². The van der Waals surface area contributed by atoms with Crippen LogP contribution in [0.5, 0.6) is 5.75 Å². The van der Waals surface area contributed by atoms with E-state index in [2.05, 4.69) is 9.89 Å². The highest BCUT2D eigenvalue weighted by atomic mass is 127. The van der Waals surface area contributed by atoms with E-state index in [4.69, 9.17) is 14.9 Å². The Morgan fingerprint density at radius 2 is 2.09 bits per heavy atom. The van der Waals surface area contributed by atoms with Gasteiger partial charge in [-0.05, 0) is 12.1 Å². The minimum atomic E-state index is 0. The van der Waals surface area contributed by atoms with Gasteiger partial charge in [0.1, 0.15) is 12.1 Å². The maximum atomic E-state index is 6.07. The Morgan fingerprint density at radius 1 is 1.36 bits per heavy atom. The zero-order valence-corrected chi connectivity index (χ0v) is 15.6. The summed E-state index contributed by atoms with van der Waals surface area (Å²) in [7, 11) is 1.65. The normalized spacial score (nSPS) is 15.7. The van der Waals surface area contributed by atoms with Gasteiger partial charge in [-0.1, -0.05) is 12.1 Å². The molecule has 1 saturated heterocycles. The summed E-state index contributed by atoms with van der Waals surface area (Å²) in [6, 6.07) is 7.82. The fourth-order valence-corrected chi connectivity index (χ4v) is 3.35. The molecule has 2 heterocycles. The lowest BCUT2D eigenvalue weighted by Gasteiger charge is -2.27. The van der Waals surface area contributed by atoms with Crippen molar-refractivity contribution in [1.82, 2.24) is 4.90 Å². The lowest BCUT2D eigenvalue weighted by molar-refractivity contribution is 0.396. The van der Waals surface area contributed by atoms with Crippen LogP contribution in [0.3, 0.4) is 0 Å². The second-order valence-corrected chi connectivity index (χ2v) is 6.05. The molecule has 2 aromatic rings. The number of rotatable bonds is 3. The number of thioether (sulfide) groups is 1. The summed E-state index contributed by atoms with van der Waals surface area (Å²) in [6.07, 6.45) is 0. The number of para-hydroxylation sites is 1. The summed E-state index contributed by atoms with van der Waals surface area (Å²) in [5.74, 6) is 4.25.